The fourth-order valence-corrected chi connectivity index (χ4v) is 1.94. The quantitative estimate of drug-likeness (QED) is 0.754. The number of nitrogens with zero attached hydrogens (tertiary/aromatic N) is 1. The fourth-order valence-electron chi connectivity index (χ4n) is 1.94. The molecule has 2 rings (SSSR count). The Morgan fingerprint density at radius 2 is 2.21 bits per heavy atom. The van der Waals surface area contributed by atoms with E-state index in [-0.39, 0.29) is 6.10 Å². The first kappa shape index (κ1) is 9.74. The van der Waals surface area contributed by atoms with E-state index in [1.807, 2.05) is 6.20 Å². The molecule has 0 saturated carbocycles. The van der Waals surface area contributed by atoms with Crippen LogP contribution in [0.15, 0.2) is 18.5 Å². The topological polar surface area (TPSA) is 39.3 Å². The Labute approximate surface area is 84.7 Å². The highest BCUT2D eigenvalue weighted by Gasteiger charge is 2.16. The second-order valence-corrected chi connectivity index (χ2v) is 4.04. The maximum Gasteiger partial charge on any atom is 0.0564 e. The van der Waals surface area contributed by atoms with E-state index in [2.05, 4.69) is 22.1 Å². The molecular formula is C11H18N2O. The molecule has 0 aromatic carbocycles. The van der Waals surface area contributed by atoms with Gasteiger partial charge in [0.2, 0.25) is 0 Å². The number of likely N-dealkylation sites (tertiary alicyclic amines) is 1. The summed E-state index contributed by atoms with van der Waals surface area (Å²) < 4.78 is 0. The van der Waals surface area contributed by atoms with Crippen molar-refractivity contribution in [2.24, 2.45) is 0 Å². The molecule has 2 N–H and O–H groups in total. The second kappa shape index (κ2) is 4.62. The van der Waals surface area contributed by atoms with Gasteiger partial charge in [-0.3, -0.25) is 0 Å². The van der Waals surface area contributed by atoms with Crippen LogP contribution in [-0.2, 0) is 6.42 Å². The van der Waals surface area contributed by atoms with Crippen molar-refractivity contribution in [3.05, 3.63) is 24.0 Å². The summed E-state index contributed by atoms with van der Waals surface area (Å²) in [6, 6.07) is 2.12. The largest absolute Gasteiger partial charge is 0.393 e. The van der Waals surface area contributed by atoms with Crippen LogP contribution in [0.4, 0.5) is 0 Å². The molecule has 0 radical (unpaired) electrons. The van der Waals surface area contributed by atoms with Crippen molar-refractivity contribution in [1.29, 1.82) is 0 Å². The van der Waals surface area contributed by atoms with Crippen LogP contribution < -0.4 is 0 Å². The first-order valence-corrected chi connectivity index (χ1v) is 5.36. The molecule has 3 heteroatoms. The Kier molecular flexibility index (Phi) is 3.22. The number of H-pyrrole nitrogens is 1. The number of piperidine rings is 1. The molecule has 14 heavy (non-hydrogen) atoms. The van der Waals surface area contributed by atoms with Crippen LogP contribution in [0.2, 0.25) is 0 Å². The lowest BCUT2D eigenvalue weighted by molar-refractivity contribution is 0.0832. The normalized spacial score (nSPS) is 20.1. The second-order valence-electron chi connectivity index (χ2n) is 4.04. The smallest absolute Gasteiger partial charge is 0.0564 e. The van der Waals surface area contributed by atoms with Crippen LogP contribution in [0.1, 0.15) is 18.4 Å². The molecule has 0 bridgehead atoms. The summed E-state index contributed by atoms with van der Waals surface area (Å²) in [5.74, 6) is 0. The summed E-state index contributed by atoms with van der Waals surface area (Å²) in [4.78, 5) is 5.50. The van der Waals surface area contributed by atoms with Gasteiger partial charge in [-0.05, 0) is 30.9 Å². The highest BCUT2D eigenvalue weighted by Crippen LogP contribution is 2.10. The maximum absolute atomic E-state index is 9.35. The predicted molar refractivity (Wildman–Crippen MR) is 56.2 cm³/mol. The molecule has 3 nitrogen and oxygen atoms in total. The van der Waals surface area contributed by atoms with E-state index in [1.54, 1.807) is 0 Å². The van der Waals surface area contributed by atoms with Crippen LogP contribution in [0.5, 0.6) is 0 Å². The molecule has 1 aromatic rings. The van der Waals surface area contributed by atoms with Crippen molar-refractivity contribution in [2.75, 3.05) is 19.6 Å². The Bertz CT molecular complexity index is 250. The predicted octanol–water partition coefficient (Wildman–Crippen LogP) is 1.01. The van der Waals surface area contributed by atoms with Gasteiger partial charge in [-0.25, -0.2) is 0 Å². The summed E-state index contributed by atoms with van der Waals surface area (Å²) in [5, 5.41) is 9.35. The third-order valence-corrected chi connectivity index (χ3v) is 2.94. The van der Waals surface area contributed by atoms with E-state index >= 15 is 0 Å². The van der Waals surface area contributed by atoms with E-state index in [1.165, 1.54) is 5.56 Å². The molecule has 0 spiro atoms. The highest BCUT2D eigenvalue weighted by atomic mass is 16.3. The number of aromatic amines is 1. The van der Waals surface area contributed by atoms with Gasteiger partial charge in [-0.1, -0.05) is 0 Å². The minimum atomic E-state index is -0.0569. The Morgan fingerprint density at radius 1 is 1.43 bits per heavy atom. The van der Waals surface area contributed by atoms with Gasteiger partial charge in [0, 0.05) is 32.0 Å². The third-order valence-electron chi connectivity index (χ3n) is 2.94. The number of hydrogen-bond donors (Lipinski definition) is 2. The number of rotatable bonds is 3. The monoisotopic (exact) mass is 194 g/mol. The van der Waals surface area contributed by atoms with Crippen molar-refractivity contribution < 1.29 is 5.11 Å². The fraction of sp³-hybridized carbons (Fsp3) is 0.636. The van der Waals surface area contributed by atoms with Crippen molar-refractivity contribution in [1.82, 2.24) is 9.88 Å². The lowest BCUT2D eigenvalue weighted by Crippen LogP contribution is -2.36. The first-order valence-electron chi connectivity index (χ1n) is 5.36. The minimum absolute atomic E-state index is 0.0569. The van der Waals surface area contributed by atoms with Crippen molar-refractivity contribution in [3.63, 3.8) is 0 Å². The van der Waals surface area contributed by atoms with Crippen LogP contribution in [-0.4, -0.2) is 40.7 Å². The van der Waals surface area contributed by atoms with Gasteiger partial charge in [0.25, 0.3) is 0 Å². The standard InChI is InChI=1S/C11H18N2O/c14-11-3-7-13(8-4-11)6-2-10-1-5-12-9-10/h1,5,9,11-12,14H,2-4,6-8H2. The highest BCUT2D eigenvalue weighted by molar-refractivity contribution is 5.08. The van der Waals surface area contributed by atoms with Gasteiger partial charge in [0.1, 0.15) is 0 Å². The van der Waals surface area contributed by atoms with Gasteiger partial charge in [-0.15, -0.1) is 0 Å². The van der Waals surface area contributed by atoms with E-state index in [9.17, 15) is 5.11 Å². The number of hydrogen-bond acceptors (Lipinski definition) is 2. The lowest BCUT2D eigenvalue weighted by Gasteiger charge is -2.29. The summed E-state index contributed by atoms with van der Waals surface area (Å²) in [6.45, 7) is 3.21. The molecule has 78 valence electrons. The van der Waals surface area contributed by atoms with E-state index in [0.717, 1.165) is 38.9 Å². The minimum Gasteiger partial charge on any atom is -0.393 e. The average molecular weight is 194 g/mol. The van der Waals surface area contributed by atoms with Crippen molar-refractivity contribution in [3.8, 4) is 0 Å². The van der Waals surface area contributed by atoms with E-state index in [4.69, 9.17) is 0 Å². The van der Waals surface area contributed by atoms with Gasteiger partial charge < -0.3 is 15.0 Å². The van der Waals surface area contributed by atoms with Gasteiger partial charge in [0.15, 0.2) is 0 Å². The zero-order chi connectivity index (χ0) is 9.80. The zero-order valence-electron chi connectivity index (χ0n) is 8.45. The molecule has 1 aliphatic heterocycles. The third kappa shape index (κ3) is 2.59. The van der Waals surface area contributed by atoms with E-state index < -0.39 is 0 Å². The molecule has 0 unspecified atom stereocenters. The van der Waals surface area contributed by atoms with E-state index in [0.29, 0.717) is 0 Å². The SMILES string of the molecule is OC1CCN(CCc2cc[nH]c2)CC1. The lowest BCUT2D eigenvalue weighted by atomic mass is 10.1. The van der Waals surface area contributed by atoms with Crippen molar-refractivity contribution in [2.45, 2.75) is 25.4 Å². The number of aromatic nitrogens is 1. The van der Waals surface area contributed by atoms with Gasteiger partial charge in [-0.2, -0.15) is 0 Å². The average Bonchev–Trinajstić information content (AvgIpc) is 2.70. The Hall–Kier alpha value is -0.800. The van der Waals surface area contributed by atoms with Gasteiger partial charge >= 0.3 is 0 Å². The van der Waals surface area contributed by atoms with Gasteiger partial charge in [0.05, 0.1) is 6.10 Å². The number of aliphatic hydroxyl groups excluding tert-OH is 1. The zero-order valence-corrected chi connectivity index (χ0v) is 8.45. The first-order chi connectivity index (χ1) is 6.84. The summed E-state index contributed by atoms with van der Waals surface area (Å²) in [7, 11) is 0. The van der Waals surface area contributed by atoms with Crippen molar-refractivity contribution >= 4 is 0 Å². The molecule has 1 saturated heterocycles. The summed E-state index contributed by atoms with van der Waals surface area (Å²) >= 11 is 0. The molecule has 1 aliphatic rings. The molecule has 0 aliphatic carbocycles. The Balaban J connectivity index is 1.71. The number of aliphatic hydroxyl groups is 1. The van der Waals surface area contributed by atoms with Crippen LogP contribution in [0.25, 0.3) is 0 Å². The summed E-state index contributed by atoms with van der Waals surface area (Å²) in [6.07, 6.45) is 6.95. The molecule has 2 heterocycles. The number of nitrogens with one attached hydrogen (secondary N) is 1. The molecule has 1 fully saturated rings. The van der Waals surface area contributed by atoms with Crippen LogP contribution in [0.3, 0.4) is 0 Å². The molecule has 1 aromatic heterocycles. The molecule has 0 atom stereocenters. The maximum atomic E-state index is 9.35. The molecular weight excluding hydrogens is 176 g/mol. The summed E-state index contributed by atoms with van der Waals surface area (Å²) in [5.41, 5.74) is 1.37. The molecule has 0 amide bonds. The Morgan fingerprint density at radius 3 is 2.86 bits per heavy atom. The van der Waals surface area contributed by atoms with Crippen LogP contribution in [0, 0.1) is 0 Å². The van der Waals surface area contributed by atoms with Crippen LogP contribution >= 0.6 is 0 Å².